The van der Waals surface area contributed by atoms with Crippen LogP contribution in [0.15, 0.2) is 18.3 Å². The van der Waals surface area contributed by atoms with E-state index in [0.29, 0.717) is 5.92 Å². The topological polar surface area (TPSA) is 46.9 Å². The Labute approximate surface area is 144 Å². The zero-order valence-electron chi connectivity index (χ0n) is 14.8. The number of rotatable bonds is 5. The van der Waals surface area contributed by atoms with E-state index in [1.165, 1.54) is 5.69 Å². The van der Waals surface area contributed by atoms with E-state index in [-0.39, 0.29) is 18.6 Å². The number of ether oxygens (including phenoxy) is 2. The van der Waals surface area contributed by atoms with Gasteiger partial charge in [0.25, 0.3) is 0 Å². The van der Waals surface area contributed by atoms with Crippen LogP contribution in [-0.4, -0.2) is 73.4 Å². The van der Waals surface area contributed by atoms with E-state index in [9.17, 15) is 4.79 Å². The predicted octanol–water partition coefficient (Wildman–Crippen LogP) is 1.20. The van der Waals surface area contributed by atoms with Gasteiger partial charge in [-0.25, -0.2) is 0 Å². The molecule has 0 spiro atoms. The Morgan fingerprint density at radius 3 is 2.88 bits per heavy atom. The molecule has 3 rings (SSSR count). The number of hydrogen-bond acceptors (Lipinski definition) is 4. The summed E-state index contributed by atoms with van der Waals surface area (Å²) in [6, 6.07) is 4.28. The molecule has 24 heavy (non-hydrogen) atoms. The van der Waals surface area contributed by atoms with Crippen molar-refractivity contribution in [1.82, 2.24) is 14.4 Å². The van der Waals surface area contributed by atoms with Crippen molar-refractivity contribution in [2.75, 3.05) is 47.0 Å². The molecule has 0 aliphatic carbocycles. The number of carbonyl (C=O) groups excluding carboxylic acids is 1. The van der Waals surface area contributed by atoms with Crippen LogP contribution in [-0.2, 0) is 27.4 Å². The normalized spacial score (nSPS) is 22.8. The zero-order valence-corrected chi connectivity index (χ0v) is 14.8. The molecular weight excluding hydrogens is 306 g/mol. The molecule has 0 unspecified atom stereocenters. The zero-order chi connectivity index (χ0) is 16.9. The lowest BCUT2D eigenvalue weighted by Crippen LogP contribution is -2.39. The maximum atomic E-state index is 11.8. The van der Waals surface area contributed by atoms with Crippen LogP contribution in [0.2, 0.25) is 0 Å². The molecule has 0 saturated carbocycles. The number of likely N-dealkylation sites (N-methyl/N-ethyl adjacent to an activating group) is 1. The highest BCUT2D eigenvalue weighted by Gasteiger charge is 2.25. The Morgan fingerprint density at radius 1 is 1.33 bits per heavy atom. The predicted molar refractivity (Wildman–Crippen MR) is 91.7 cm³/mol. The molecular formula is C18H29N3O3. The highest BCUT2D eigenvalue weighted by Crippen LogP contribution is 2.21. The molecule has 6 nitrogen and oxygen atoms in total. The molecule has 1 aromatic heterocycles. The first kappa shape index (κ1) is 17.5. The average Bonchev–Trinajstić information content (AvgIpc) is 2.93. The van der Waals surface area contributed by atoms with Gasteiger partial charge in [-0.2, -0.15) is 0 Å². The number of nitrogens with zero attached hydrogens (tertiary/aromatic N) is 3. The van der Waals surface area contributed by atoms with Crippen molar-refractivity contribution < 1.29 is 14.3 Å². The Morgan fingerprint density at radius 2 is 2.12 bits per heavy atom. The highest BCUT2D eigenvalue weighted by molar-refractivity contribution is 5.76. The van der Waals surface area contributed by atoms with E-state index in [2.05, 4.69) is 27.8 Å². The van der Waals surface area contributed by atoms with Crippen LogP contribution in [0.25, 0.3) is 0 Å². The second-order valence-corrected chi connectivity index (χ2v) is 7.12. The SMILES string of the molecule is CN(C)C(=O)CO[C@H]1CN(CC2CCOCC2)Cc2cccn2C1. The molecule has 1 atom stereocenters. The summed E-state index contributed by atoms with van der Waals surface area (Å²) < 4.78 is 13.7. The van der Waals surface area contributed by atoms with Crippen LogP contribution >= 0.6 is 0 Å². The van der Waals surface area contributed by atoms with Gasteiger partial charge < -0.3 is 18.9 Å². The third-order valence-corrected chi connectivity index (χ3v) is 4.97. The molecule has 3 heterocycles. The fourth-order valence-corrected chi connectivity index (χ4v) is 3.49. The number of amides is 1. The molecule has 1 saturated heterocycles. The van der Waals surface area contributed by atoms with Gasteiger partial charge in [-0.3, -0.25) is 9.69 Å². The van der Waals surface area contributed by atoms with Crippen LogP contribution in [0.1, 0.15) is 18.5 Å². The Hall–Kier alpha value is -1.37. The second-order valence-electron chi connectivity index (χ2n) is 7.12. The summed E-state index contributed by atoms with van der Waals surface area (Å²) >= 11 is 0. The van der Waals surface area contributed by atoms with Crippen molar-refractivity contribution in [2.24, 2.45) is 5.92 Å². The first-order chi connectivity index (χ1) is 11.6. The minimum absolute atomic E-state index is 0.0166. The number of carbonyl (C=O) groups is 1. The van der Waals surface area contributed by atoms with E-state index in [1.54, 1.807) is 19.0 Å². The number of fused-ring (bicyclic) bond motifs is 1. The summed E-state index contributed by atoms with van der Waals surface area (Å²) in [5.41, 5.74) is 1.33. The lowest BCUT2D eigenvalue weighted by molar-refractivity contribution is -0.136. The summed E-state index contributed by atoms with van der Waals surface area (Å²) in [5.74, 6) is 0.715. The Balaban J connectivity index is 1.62. The molecule has 0 bridgehead atoms. The maximum absolute atomic E-state index is 11.8. The molecule has 0 radical (unpaired) electrons. The van der Waals surface area contributed by atoms with Crippen molar-refractivity contribution in [3.8, 4) is 0 Å². The first-order valence-electron chi connectivity index (χ1n) is 8.87. The van der Waals surface area contributed by atoms with Crippen molar-refractivity contribution in [2.45, 2.75) is 32.0 Å². The monoisotopic (exact) mass is 335 g/mol. The van der Waals surface area contributed by atoms with Crippen LogP contribution in [0.5, 0.6) is 0 Å². The van der Waals surface area contributed by atoms with Gasteiger partial charge in [-0.05, 0) is 30.9 Å². The van der Waals surface area contributed by atoms with Gasteiger partial charge in [0.2, 0.25) is 5.91 Å². The summed E-state index contributed by atoms with van der Waals surface area (Å²) in [4.78, 5) is 15.9. The Bertz CT molecular complexity index is 537. The second kappa shape index (κ2) is 8.14. The largest absolute Gasteiger partial charge is 0.381 e. The number of hydrogen-bond donors (Lipinski definition) is 0. The van der Waals surface area contributed by atoms with Crippen LogP contribution in [0.3, 0.4) is 0 Å². The van der Waals surface area contributed by atoms with Crippen LogP contribution < -0.4 is 0 Å². The van der Waals surface area contributed by atoms with Gasteiger partial charge in [0.05, 0.1) is 6.10 Å². The molecule has 1 fully saturated rings. The smallest absolute Gasteiger partial charge is 0.248 e. The van der Waals surface area contributed by atoms with E-state index in [1.807, 2.05) is 0 Å². The minimum Gasteiger partial charge on any atom is -0.381 e. The lowest BCUT2D eigenvalue weighted by Gasteiger charge is -2.30. The third kappa shape index (κ3) is 4.59. The summed E-state index contributed by atoms with van der Waals surface area (Å²) in [5, 5.41) is 0. The quantitative estimate of drug-likeness (QED) is 0.811. The highest BCUT2D eigenvalue weighted by atomic mass is 16.5. The van der Waals surface area contributed by atoms with Crippen molar-refractivity contribution in [3.63, 3.8) is 0 Å². The van der Waals surface area contributed by atoms with Crippen molar-refractivity contribution >= 4 is 5.91 Å². The van der Waals surface area contributed by atoms with Gasteiger partial charge >= 0.3 is 0 Å². The maximum Gasteiger partial charge on any atom is 0.248 e. The molecule has 134 valence electrons. The van der Waals surface area contributed by atoms with Crippen molar-refractivity contribution in [1.29, 1.82) is 0 Å². The summed E-state index contributed by atoms with van der Waals surface area (Å²) in [7, 11) is 3.53. The van der Waals surface area contributed by atoms with Crippen LogP contribution in [0.4, 0.5) is 0 Å². The summed E-state index contributed by atoms with van der Waals surface area (Å²) in [6.45, 7) is 5.63. The van der Waals surface area contributed by atoms with E-state index < -0.39 is 0 Å². The van der Waals surface area contributed by atoms with E-state index in [0.717, 1.165) is 52.2 Å². The minimum atomic E-state index is 0.0166. The van der Waals surface area contributed by atoms with E-state index >= 15 is 0 Å². The Kier molecular flexibility index (Phi) is 5.92. The standard InChI is InChI=1S/C18H29N3O3/c1-19(2)18(22)14-24-17-12-20(10-15-5-8-23-9-6-15)11-16-4-3-7-21(16)13-17/h3-4,7,15,17H,5-6,8-14H2,1-2H3/t17-/m0/s1. The fraction of sp³-hybridized carbons (Fsp3) is 0.722. The third-order valence-electron chi connectivity index (χ3n) is 4.97. The molecule has 0 aromatic carbocycles. The van der Waals surface area contributed by atoms with Gasteiger partial charge in [0.1, 0.15) is 6.61 Å². The lowest BCUT2D eigenvalue weighted by atomic mass is 9.99. The molecule has 2 aliphatic heterocycles. The molecule has 6 heteroatoms. The molecule has 0 N–H and O–H groups in total. The molecule has 1 amide bonds. The van der Waals surface area contributed by atoms with Gasteiger partial charge in [-0.15, -0.1) is 0 Å². The van der Waals surface area contributed by atoms with E-state index in [4.69, 9.17) is 9.47 Å². The van der Waals surface area contributed by atoms with Gasteiger partial charge in [0.15, 0.2) is 0 Å². The van der Waals surface area contributed by atoms with Crippen LogP contribution in [0, 0.1) is 5.92 Å². The molecule has 2 aliphatic rings. The fourth-order valence-electron chi connectivity index (χ4n) is 3.49. The first-order valence-corrected chi connectivity index (χ1v) is 8.87. The van der Waals surface area contributed by atoms with Gasteiger partial charge in [0, 0.05) is 65.4 Å². The van der Waals surface area contributed by atoms with Gasteiger partial charge in [-0.1, -0.05) is 0 Å². The average molecular weight is 335 g/mol. The summed E-state index contributed by atoms with van der Waals surface area (Å²) in [6.07, 6.45) is 4.43. The molecule has 1 aromatic rings. The number of aromatic nitrogens is 1. The van der Waals surface area contributed by atoms with Crippen molar-refractivity contribution in [3.05, 3.63) is 24.0 Å².